The van der Waals surface area contributed by atoms with E-state index in [0.29, 0.717) is 32.2 Å². The van der Waals surface area contributed by atoms with Crippen LogP contribution in [0.4, 0.5) is 0 Å². The average molecular weight is 691 g/mol. The third-order valence-corrected chi connectivity index (χ3v) is 11.4. The molecule has 1 aromatic carbocycles. The summed E-state index contributed by atoms with van der Waals surface area (Å²) in [6, 6.07) is 4.03. The molecule has 3 aliphatic rings. The van der Waals surface area contributed by atoms with Crippen LogP contribution in [0.3, 0.4) is 0 Å². The SMILES string of the molecule is CC(C)(C)OC(=O)[C@@H]1CSSC[C@H](NC(=O)C2[C@H](c3ccc(O)cc3)CCN2C(=O)C(C)(C)C)C(=O)NCCC2(CCCC2)C(=O)N1. The highest BCUT2D eigenvalue weighted by atomic mass is 33.1. The Bertz CT molecular complexity index is 1320. The lowest BCUT2D eigenvalue weighted by atomic mass is 9.81. The Morgan fingerprint density at radius 2 is 1.62 bits per heavy atom. The van der Waals surface area contributed by atoms with Gasteiger partial charge in [0.1, 0.15) is 29.5 Å². The van der Waals surface area contributed by atoms with Crippen molar-refractivity contribution in [2.45, 2.75) is 110 Å². The van der Waals surface area contributed by atoms with Gasteiger partial charge in [0.15, 0.2) is 0 Å². The van der Waals surface area contributed by atoms with Crippen molar-refractivity contribution in [3.8, 4) is 5.75 Å². The first-order valence-electron chi connectivity index (χ1n) is 16.5. The molecule has 4 N–H and O–H groups in total. The molecule has 4 rings (SSSR count). The maximum atomic E-state index is 14.1. The van der Waals surface area contributed by atoms with Crippen molar-refractivity contribution in [2.24, 2.45) is 10.8 Å². The van der Waals surface area contributed by atoms with Crippen molar-refractivity contribution in [3.63, 3.8) is 0 Å². The van der Waals surface area contributed by atoms with Crippen LogP contribution in [-0.4, -0.2) is 87.9 Å². The topological polar surface area (TPSA) is 154 Å². The minimum absolute atomic E-state index is 0.107. The molecule has 4 atom stereocenters. The maximum absolute atomic E-state index is 14.1. The quantitative estimate of drug-likeness (QED) is 0.272. The number of esters is 1. The van der Waals surface area contributed by atoms with E-state index in [1.165, 1.54) is 21.6 Å². The predicted molar refractivity (Wildman–Crippen MR) is 184 cm³/mol. The van der Waals surface area contributed by atoms with Crippen molar-refractivity contribution in [1.82, 2.24) is 20.9 Å². The molecule has 0 aromatic heterocycles. The van der Waals surface area contributed by atoms with Crippen LogP contribution in [0.2, 0.25) is 0 Å². The molecule has 2 heterocycles. The molecule has 1 spiro atoms. The second-order valence-corrected chi connectivity index (χ2v) is 17.5. The van der Waals surface area contributed by atoms with Crippen molar-refractivity contribution >= 4 is 51.2 Å². The summed E-state index contributed by atoms with van der Waals surface area (Å²) in [7, 11) is 2.64. The molecule has 1 aliphatic carbocycles. The van der Waals surface area contributed by atoms with Gasteiger partial charge in [-0.05, 0) is 64.2 Å². The summed E-state index contributed by atoms with van der Waals surface area (Å²) in [4.78, 5) is 69.7. The van der Waals surface area contributed by atoms with Crippen LogP contribution < -0.4 is 16.0 Å². The fourth-order valence-electron chi connectivity index (χ4n) is 6.56. The number of amides is 4. The molecule has 47 heavy (non-hydrogen) atoms. The van der Waals surface area contributed by atoms with E-state index < -0.39 is 46.4 Å². The molecular weight excluding hydrogens is 641 g/mol. The summed E-state index contributed by atoms with van der Waals surface area (Å²) in [5, 5.41) is 18.7. The first-order chi connectivity index (χ1) is 22.0. The Hall–Kier alpha value is -2.93. The van der Waals surface area contributed by atoms with E-state index in [9.17, 15) is 29.1 Å². The minimum atomic E-state index is -0.920. The highest BCUT2D eigenvalue weighted by Crippen LogP contribution is 2.42. The summed E-state index contributed by atoms with van der Waals surface area (Å²) in [6.45, 7) is 11.4. The van der Waals surface area contributed by atoms with Gasteiger partial charge in [0, 0.05) is 35.9 Å². The standard InChI is InChI=1S/C34H50N4O7S2/c1-32(2,3)31(44)38-18-13-23(21-9-11-22(39)12-10-21)26(38)28(41)36-24-19-46-47-20-25(29(42)45-33(4,5)6)37-30(43)34(14-7-8-15-34)16-17-35-27(24)40/h9-12,23-26,39H,7-8,13-20H2,1-6H3,(H,35,40)(H,36,41)(H,37,43)/t23-,24-,25-,26?/m0/s1. The van der Waals surface area contributed by atoms with E-state index in [0.717, 1.165) is 18.4 Å². The third-order valence-electron chi connectivity index (χ3n) is 9.02. The molecule has 2 aliphatic heterocycles. The maximum Gasteiger partial charge on any atom is 0.330 e. The number of nitrogens with zero attached hydrogens (tertiary/aromatic N) is 1. The van der Waals surface area contributed by atoms with Crippen LogP contribution in [0.1, 0.15) is 91.5 Å². The van der Waals surface area contributed by atoms with Crippen molar-refractivity contribution < 1.29 is 33.8 Å². The average Bonchev–Trinajstić information content (AvgIpc) is 3.64. The van der Waals surface area contributed by atoms with E-state index >= 15 is 0 Å². The fourth-order valence-corrected chi connectivity index (χ4v) is 8.87. The number of carbonyl (C=O) groups is 5. The van der Waals surface area contributed by atoms with Gasteiger partial charge in [0.25, 0.3) is 0 Å². The third kappa shape index (κ3) is 9.37. The number of hydrogen-bond acceptors (Lipinski definition) is 9. The Kier molecular flexibility index (Phi) is 11.8. The number of phenolic OH excluding ortho intramolecular Hbond substituents is 1. The second-order valence-electron chi connectivity index (χ2n) is 14.9. The normalized spacial score (nSPS) is 26.0. The molecule has 11 nitrogen and oxygen atoms in total. The van der Waals surface area contributed by atoms with Gasteiger partial charge in [-0.25, -0.2) is 4.79 Å². The van der Waals surface area contributed by atoms with Crippen LogP contribution in [0.5, 0.6) is 5.75 Å². The molecule has 1 unspecified atom stereocenters. The number of ether oxygens (including phenoxy) is 1. The van der Waals surface area contributed by atoms with Gasteiger partial charge in [-0.2, -0.15) is 0 Å². The Morgan fingerprint density at radius 3 is 2.23 bits per heavy atom. The Morgan fingerprint density at radius 1 is 0.979 bits per heavy atom. The summed E-state index contributed by atoms with van der Waals surface area (Å²) >= 11 is 0. The molecule has 0 bridgehead atoms. The molecule has 260 valence electrons. The van der Waals surface area contributed by atoms with E-state index in [4.69, 9.17) is 4.74 Å². The molecule has 1 saturated carbocycles. The van der Waals surface area contributed by atoms with Gasteiger partial charge in [0.2, 0.25) is 23.6 Å². The van der Waals surface area contributed by atoms with E-state index in [1.54, 1.807) is 49.9 Å². The highest BCUT2D eigenvalue weighted by molar-refractivity contribution is 8.76. The van der Waals surface area contributed by atoms with Crippen LogP contribution >= 0.6 is 21.6 Å². The van der Waals surface area contributed by atoms with Crippen molar-refractivity contribution in [2.75, 3.05) is 24.6 Å². The smallest absolute Gasteiger partial charge is 0.330 e. The molecule has 1 aromatic rings. The first kappa shape index (κ1) is 36.9. The zero-order chi connectivity index (χ0) is 34.6. The fraction of sp³-hybridized carbons (Fsp3) is 0.676. The van der Waals surface area contributed by atoms with Crippen molar-refractivity contribution in [1.29, 1.82) is 0 Å². The van der Waals surface area contributed by atoms with Crippen LogP contribution in [-0.2, 0) is 28.7 Å². The monoisotopic (exact) mass is 690 g/mol. The molecule has 4 amide bonds. The number of carbonyl (C=O) groups excluding carboxylic acids is 5. The number of phenols is 1. The van der Waals surface area contributed by atoms with Crippen molar-refractivity contribution in [3.05, 3.63) is 29.8 Å². The lowest BCUT2D eigenvalue weighted by Gasteiger charge is -2.33. The van der Waals surface area contributed by atoms with E-state index in [2.05, 4.69) is 16.0 Å². The van der Waals surface area contributed by atoms with E-state index in [1.807, 2.05) is 20.8 Å². The Labute approximate surface area is 285 Å². The molecular formula is C34H50N4O7S2. The number of benzene rings is 1. The summed E-state index contributed by atoms with van der Waals surface area (Å²) in [6.07, 6.45) is 4.06. The summed E-state index contributed by atoms with van der Waals surface area (Å²) in [5.41, 5.74) is -1.32. The largest absolute Gasteiger partial charge is 0.508 e. The predicted octanol–water partition coefficient (Wildman–Crippen LogP) is 3.90. The Balaban J connectivity index is 1.57. The zero-order valence-corrected chi connectivity index (χ0v) is 30.0. The number of nitrogens with one attached hydrogen (secondary N) is 3. The number of aromatic hydroxyl groups is 1. The zero-order valence-electron chi connectivity index (χ0n) is 28.4. The van der Waals surface area contributed by atoms with Crippen LogP contribution in [0.15, 0.2) is 24.3 Å². The van der Waals surface area contributed by atoms with Crippen LogP contribution in [0.25, 0.3) is 0 Å². The first-order valence-corrected chi connectivity index (χ1v) is 19.0. The summed E-state index contributed by atoms with van der Waals surface area (Å²) < 4.78 is 5.63. The lowest BCUT2D eigenvalue weighted by molar-refractivity contribution is -0.158. The molecule has 13 heteroatoms. The number of hydrogen-bond donors (Lipinski definition) is 4. The number of rotatable bonds is 4. The molecule has 3 fully saturated rings. The highest BCUT2D eigenvalue weighted by Gasteiger charge is 2.46. The number of likely N-dealkylation sites (tertiary alicyclic amines) is 1. The van der Waals surface area contributed by atoms with Gasteiger partial charge < -0.3 is 30.7 Å². The van der Waals surface area contributed by atoms with E-state index in [-0.39, 0.29) is 47.4 Å². The van der Waals surface area contributed by atoms with Gasteiger partial charge in [-0.3, -0.25) is 19.2 Å². The summed E-state index contributed by atoms with van der Waals surface area (Å²) in [5.74, 6) is -1.44. The van der Waals surface area contributed by atoms with Crippen LogP contribution in [0, 0.1) is 10.8 Å². The minimum Gasteiger partial charge on any atom is -0.508 e. The van der Waals surface area contributed by atoms with Gasteiger partial charge in [-0.15, -0.1) is 0 Å². The molecule has 2 saturated heterocycles. The van der Waals surface area contributed by atoms with Gasteiger partial charge in [0.05, 0.1) is 5.41 Å². The van der Waals surface area contributed by atoms with Gasteiger partial charge >= 0.3 is 5.97 Å². The second kappa shape index (κ2) is 15.1. The lowest BCUT2D eigenvalue weighted by Crippen LogP contribution is -2.56. The van der Waals surface area contributed by atoms with Gasteiger partial charge in [-0.1, -0.05) is 67.3 Å². The molecule has 0 radical (unpaired) electrons.